The normalized spacial score (nSPS) is 25.5. The van der Waals surface area contributed by atoms with E-state index in [1.807, 2.05) is 18.2 Å². The average molecular weight is 325 g/mol. The van der Waals surface area contributed by atoms with Crippen molar-refractivity contribution >= 4 is 17.6 Å². The third-order valence-corrected chi connectivity index (χ3v) is 4.72. The Morgan fingerprint density at radius 1 is 1.36 bits per heavy atom. The van der Waals surface area contributed by atoms with Crippen molar-refractivity contribution in [3.63, 3.8) is 0 Å². The smallest absolute Gasteiger partial charge is 0.302 e. The van der Waals surface area contributed by atoms with Crippen LogP contribution < -0.4 is 0 Å². The fourth-order valence-electron chi connectivity index (χ4n) is 3.48. The van der Waals surface area contributed by atoms with Crippen molar-refractivity contribution in [1.82, 2.24) is 0 Å². The van der Waals surface area contributed by atoms with Gasteiger partial charge < -0.3 is 14.2 Å². The predicted molar refractivity (Wildman–Crippen MR) is 83.0 cm³/mol. The first-order chi connectivity index (χ1) is 10.6. The van der Waals surface area contributed by atoms with Crippen LogP contribution in [0.25, 0.3) is 0 Å². The number of fused-ring (bicyclic) bond motifs is 1. The van der Waals surface area contributed by atoms with Gasteiger partial charge in [0.2, 0.25) is 0 Å². The highest BCUT2D eigenvalue weighted by molar-refractivity contribution is 6.30. The van der Waals surface area contributed by atoms with Crippen LogP contribution in [0.3, 0.4) is 0 Å². The lowest BCUT2D eigenvalue weighted by atomic mass is 9.69. The van der Waals surface area contributed by atoms with Crippen LogP contribution in [0.1, 0.15) is 37.3 Å². The highest BCUT2D eigenvalue weighted by Crippen LogP contribution is 2.43. The summed E-state index contributed by atoms with van der Waals surface area (Å²) in [5.41, 5.74) is 1.89. The van der Waals surface area contributed by atoms with Gasteiger partial charge in [0.05, 0.1) is 18.6 Å². The lowest BCUT2D eigenvalue weighted by Gasteiger charge is -2.44. The third kappa shape index (κ3) is 3.00. The zero-order valence-electron chi connectivity index (χ0n) is 12.8. The molecule has 0 bridgehead atoms. The molecule has 1 aliphatic carbocycles. The average Bonchev–Trinajstić information content (AvgIpc) is 2.53. The molecule has 1 aromatic rings. The molecule has 1 aromatic carbocycles. The quantitative estimate of drug-likeness (QED) is 0.801. The number of hydrogen-bond acceptors (Lipinski definition) is 4. The standard InChI is InChI=1S/C17H21ClO4/c1-12(19)22-11-17(16-20-8-3-9-21-16)7-2-4-13-10-14(18)5-6-15(13)17/h5-6,10,16H,2-4,7-9,11H2,1H3/t17-/m0/s1. The van der Waals surface area contributed by atoms with E-state index in [-0.39, 0.29) is 18.9 Å². The van der Waals surface area contributed by atoms with Gasteiger partial charge in [-0.2, -0.15) is 0 Å². The molecule has 22 heavy (non-hydrogen) atoms. The van der Waals surface area contributed by atoms with Gasteiger partial charge >= 0.3 is 5.97 Å². The topological polar surface area (TPSA) is 44.8 Å². The Balaban J connectivity index is 2.00. The van der Waals surface area contributed by atoms with Crippen LogP contribution in [-0.4, -0.2) is 32.1 Å². The lowest BCUT2D eigenvalue weighted by Crippen LogP contribution is -2.50. The van der Waals surface area contributed by atoms with Gasteiger partial charge in [0, 0.05) is 11.9 Å². The summed E-state index contributed by atoms with van der Waals surface area (Å²) in [6.45, 7) is 3.06. The van der Waals surface area contributed by atoms with Crippen LogP contribution in [0, 0.1) is 0 Å². The van der Waals surface area contributed by atoms with Crippen molar-refractivity contribution in [2.24, 2.45) is 0 Å². The van der Waals surface area contributed by atoms with Crippen LogP contribution in [0.4, 0.5) is 0 Å². The summed E-state index contributed by atoms with van der Waals surface area (Å²) in [5, 5.41) is 0.729. The SMILES string of the molecule is CC(=O)OC[C@@]1(C2OCCCO2)CCCc2cc(Cl)ccc21. The molecule has 1 atom stereocenters. The number of benzene rings is 1. The number of aryl methyl sites for hydroxylation is 1. The summed E-state index contributed by atoms with van der Waals surface area (Å²) in [4.78, 5) is 11.4. The maximum atomic E-state index is 11.4. The van der Waals surface area contributed by atoms with E-state index in [0.29, 0.717) is 13.2 Å². The molecule has 2 aliphatic rings. The van der Waals surface area contributed by atoms with Gasteiger partial charge in [0.25, 0.3) is 0 Å². The molecule has 0 aromatic heterocycles. The highest BCUT2D eigenvalue weighted by atomic mass is 35.5. The minimum Gasteiger partial charge on any atom is -0.465 e. The van der Waals surface area contributed by atoms with E-state index in [0.717, 1.165) is 36.3 Å². The second-order valence-corrected chi connectivity index (χ2v) is 6.45. The fraction of sp³-hybridized carbons (Fsp3) is 0.588. The summed E-state index contributed by atoms with van der Waals surface area (Å²) in [6.07, 6.45) is 3.37. The van der Waals surface area contributed by atoms with E-state index in [4.69, 9.17) is 25.8 Å². The van der Waals surface area contributed by atoms with Crippen molar-refractivity contribution in [2.45, 2.75) is 44.3 Å². The van der Waals surface area contributed by atoms with Crippen molar-refractivity contribution in [2.75, 3.05) is 19.8 Å². The molecule has 0 radical (unpaired) electrons. The van der Waals surface area contributed by atoms with E-state index < -0.39 is 5.41 Å². The van der Waals surface area contributed by atoms with E-state index in [1.165, 1.54) is 12.5 Å². The van der Waals surface area contributed by atoms with Crippen molar-refractivity contribution < 1.29 is 19.0 Å². The maximum Gasteiger partial charge on any atom is 0.302 e. The zero-order chi connectivity index (χ0) is 15.6. The van der Waals surface area contributed by atoms with Gasteiger partial charge in [-0.15, -0.1) is 0 Å². The second kappa shape index (κ2) is 6.57. The molecular weight excluding hydrogens is 304 g/mol. The van der Waals surface area contributed by atoms with Gasteiger partial charge in [0.1, 0.15) is 6.61 Å². The van der Waals surface area contributed by atoms with Crippen LogP contribution in [0.2, 0.25) is 5.02 Å². The first-order valence-corrected chi connectivity index (χ1v) is 8.15. The molecule has 5 heteroatoms. The minimum absolute atomic E-state index is 0.279. The van der Waals surface area contributed by atoms with Crippen molar-refractivity contribution in [1.29, 1.82) is 0 Å². The van der Waals surface area contributed by atoms with Crippen LogP contribution in [0.15, 0.2) is 18.2 Å². The number of esters is 1. The van der Waals surface area contributed by atoms with Crippen LogP contribution >= 0.6 is 11.6 Å². The van der Waals surface area contributed by atoms with E-state index in [2.05, 4.69) is 0 Å². The number of carbonyl (C=O) groups is 1. The molecule has 0 spiro atoms. The summed E-state index contributed by atoms with van der Waals surface area (Å²) in [5.74, 6) is -0.281. The Morgan fingerprint density at radius 3 is 2.86 bits per heavy atom. The molecule has 1 saturated heterocycles. The predicted octanol–water partition coefficient (Wildman–Crippen LogP) is 3.24. The van der Waals surface area contributed by atoms with E-state index >= 15 is 0 Å². The van der Waals surface area contributed by atoms with Crippen molar-refractivity contribution in [3.8, 4) is 0 Å². The number of carbonyl (C=O) groups excluding carboxylic acids is 1. The van der Waals surface area contributed by atoms with Gasteiger partial charge in [-0.05, 0) is 48.9 Å². The molecule has 1 heterocycles. The molecule has 1 aliphatic heterocycles. The number of rotatable bonds is 3. The monoisotopic (exact) mass is 324 g/mol. The van der Waals surface area contributed by atoms with E-state index in [1.54, 1.807) is 0 Å². The molecule has 4 nitrogen and oxygen atoms in total. The Bertz CT molecular complexity index is 554. The molecule has 0 unspecified atom stereocenters. The number of halogens is 1. The Morgan fingerprint density at radius 2 is 2.14 bits per heavy atom. The summed E-state index contributed by atoms with van der Waals surface area (Å²) in [6, 6.07) is 5.92. The zero-order valence-corrected chi connectivity index (χ0v) is 13.5. The molecule has 1 fully saturated rings. The highest BCUT2D eigenvalue weighted by Gasteiger charge is 2.47. The molecular formula is C17H21ClO4. The minimum atomic E-state index is -0.440. The molecule has 120 valence electrons. The Labute approximate surface area is 135 Å². The molecule has 0 N–H and O–H groups in total. The fourth-order valence-corrected chi connectivity index (χ4v) is 3.68. The molecule has 3 rings (SSSR count). The molecule has 0 amide bonds. The van der Waals surface area contributed by atoms with Gasteiger partial charge in [-0.25, -0.2) is 0 Å². The second-order valence-electron chi connectivity index (χ2n) is 6.02. The van der Waals surface area contributed by atoms with Crippen LogP contribution in [-0.2, 0) is 30.8 Å². The Hall–Kier alpha value is -1.10. The Kier molecular flexibility index (Phi) is 4.71. The summed E-state index contributed by atoms with van der Waals surface area (Å²) < 4.78 is 17.2. The van der Waals surface area contributed by atoms with E-state index in [9.17, 15) is 4.79 Å². The number of ether oxygens (including phenoxy) is 3. The largest absolute Gasteiger partial charge is 0.465 e. The molecule has 0 saturated carbocycles. The maximum absolute atomic E-state index is 11.4. The third-order valence-electron chi connectivity index (χ3n) is 4.48. The van der Waals surface area contributed by atoms with Gasteiger partial charge in [-0.1, -0.05) is 17.7 Å². The summed E-state index contributed by atoms with van der Waals surface area (Å²) >= 11 is 6.14. The first-order valence-electron chi connectivity index (χ1n) is 7.77. The summed E-state index contributed by atoms with van der Waals surface area (Å²) in [7, 11) is 0. The van der Waals surface area contributed by atoms with Gasteiger partial charge in [0.15, 0.2) is 6.29 Å². The first kappa shape index (κ1) is 15.8. The van der Waals surface area contributed by atoms with Gasteiger partial charge in [-0.3, -0.25) is 4.79 Å². The number of hydrogen-bond donors (Lipinski definition) is 0. The lowest BCUT2D eigenvalue weighted by molar-refractivity contribution is -0.226. The van der Waals surface area contributed by atoms with Crippen LogP contribution in [0.5, 0.6) is 0 Å². The van der Waals surface area contributed by atoms with Crippen molar-refractivity contribution in [3.05, 3.63) is 34.3 Å².